The molecule has 0 atom stereocenters. The molecule has 0 bridgehead atoms. The first-order valence-electron chi connectivity index (χ1n) is 8.45. The number of carbonyl (C=O) groups excluding carboxylic acids is 1. The molecule has 1 fully saturated rings. The summed E-state index contributed by atoms with van der Waals surface area (Å²) < 4.78 is 0. The first kappa shape index (κ1) is 20.4. The second-order valence-corrected chi connectivity index (χ2v) is 7.95. The van der Waals surface area contributed by atoms with Crippen LogP contribution in [0.3, 0.4) is 0 Å². The molecule has 0 radical (unpaired) electrons. The van der Waals surface area contributed by atoms with Gasteiger partial charge in [-0.2, -0.15) is 0 Å². The molecule has 1 heterocycles. The maximum absolute atomic E-state index is 13.0. The number of nitrogens with zero attached hydrogens (tertiary/aromatic N) is 1. The summed E-state index contributed by atoms with van der Waals surface area (Å²) in [7, 11) is 0. The summed E-state index contributed by atoms with van der Waals surface area (Å²) in [5.41, 5.74) is 3.12. The number of likely N-dealkylation sites (tertiary alicyclic amines) is 1. The van der Waals surface area contributed by atoms with Crippen LogP contribution in [0.5, 0.6) is 0 Å². The fourth-order valence-electron chi connectivity index (χ4n) is 2.94. The van der Waals surface area contributed by atoms with Gasteiger partial charge in [0.25, 0.3) is 0 Å². The molecule has 0 aliphatic carbocycles. The fourth-order valence-corrected chi connectivity index (χ4v) is 3.55. The monoisotopic (exact) mass is 439 g/mol. The van der Waals surface area contributed by atoms with E-state index in [1.54, 1.807) is 24.3 Å². The summed E-state index contributed by atoms with van der Waals surface area (Å²) in [6.45, 7) is 4.09. The lowest BCUT2D eigenvalue weighted by atomic mass is 9.94. The molecule has 6 heteroatoms. The molecule has 0 N–H and O–H groups in total. The Morgan fingerprint density at radius 3 is 1.63 bits per heavy atom. The third kappa shape index (κ3) is 4.96. The number of hydrogen-bond donors (Lipinski definition) is 0. The van der Waals surface area contributed by atoms with Crippen molar-refractivity contribution in [2.75, 3.05) is 19.6 Å². The van der Waals surface area contributed by atoms with E-state index in [1.165, 1.54) is 0 Å². The summed E-state index contributed by atoms with van der Waals surface area (Å²) in [5, 5.41) is 1.91. The highest BCUT2D eigenvalue weighted by Crippen LogP contribution is 2.28. The Hall–Kier alpha value is -1.29. The van der Waals surface area contributed by atoms with Crippen molar-refractivity contribution in [3.05, 3.63) is 78.8 Å². The minimum absolute atomic E-state index is 0.0249. The first-order valence-corrected chi connectivity index (χ1v) is 9.97. The van der Waals surface area contributed by atoms with Crippen LogP contribution >= 0.6 is 46.4 Å². The van der Waals surface area contributed by atoms with Crippen molar-refractivity contribution in [3.63, 3.8) is 0 Å². The molecule has 0 amide bonds. The highest BCUT2D eigenvalue weighted by Gasteiger charge is 2.25. The predicted molar refractivity (Wildman–Crippen MR) is 116 cm³/mol. The number of halogens is 4. The van der Waals surface area contributed by atoms with Crippen LogP contribution in [0.4, 0.5) is 0 Å². The zero-order valence-electron chi connectivity index (χ0n) is 14.6. The number of benzene rings is 2. The molecule has 0 aromatic heterocycles. The molecular formula is C21H17Cl4NO. The van der Waals surface area contributed by atoms with Gasteiger partial charge in [-0.05, 0) is 54.1 Å². The number of hydrogen-bond acceptors (Lipinski definition) is 2. The largest absolute Gasteiger partial charge is 0.295 e. The molecule has 0 saturated carbocycles. The van der Waals surface area contributed by atoms with E-state index in [1.807, 2.05) is 24.3 Å². The zero-order chi connectivity index (χ0) is 19.6. The van der Waals surface area contributed by atoms with E-state index in [0.717, 1.165) is 17.7 Å². The zero-order valence-corrected chi connectivity index (χ0v) is 17.6. The van der Waals surface area contributed by atoms with Gasteiger partial charge in [-0.1, -0.05) is 65.5 Å². The quantitative estimate of drug-likeness (QED) is 0.496. The average Bonchev–Trinajstić information content (AvgIpc) is 2.64. The lowest BCUT2D eigenvalue weighted by Gasteiger charge is -2.28. The lowest BCUT2D eigenvalue weighted by Crippen LogP contribution is -2.37. The SMILES string of the molecule is CCN1CC(=Cc2ccc(Cl)c(Cl)c2)C(=O)C(=Cc2ccc(Cl)c(Cl)c2)C1. The van der Waals surface area contributed by atoms with Gasteiger partial charge in [-0.25, -0.2) is 0 Å². The van der Waals surface area contributed by atoms with Crippen molar-refractivity contribution in [1.82, 2.24) is 4.90 Å². The minimum atomic E-state index is 0.0249. The number of ketones is 1. The van der Waals surface area contributed by atoms with Gasteiger partial charge in [0.2, 0.25) is 0 Å². The summed E-state index contributed by atoms with van der Waals surface area (Å²) in [5.74, 6) is 0.0249. The Morgan fingerprint density at radius 1 is 0.815 bits per heavy atom. The lowest BCUT2D eigenvalue weighted by molar-refractivity contribution is -0.113. The van der Waals surface area contributed by atoms with Crippen molar-refractivity contribution in [2.24, 2.45) is 0 Å². The van der Waals surface area contributed by atoms with Crippen LogP contribution in [0, 0.1) is 0 Å². The number of likely N-dealkylation sites (N-methyl/N-ethyl adjacent to an activating group) is 1. The van der Waals surface area contributed by atoms with Crippen LogP contribution in [0.1, 0.15) is 18.1 Å². The van der Waals surface area contributed by atoms with E-state index < -0.39 is 0 Å². The maximum Gasteiger partial charge on any atom is 0.187 e. The third-order valence-corrected chi connectivity index (χ3v) is 5.87. The van der Waals surface area contributed by atoms with E-state index in [9.17, 15) is 4.79 Å². The van der Waals surface area contributed by atoms with E-state index in [4.69, 9.17) is 46.4 Å². The van der Waals surface area contributed by atoms with Gasteiger partial charge in [0.1, 0.15) is 0 Å². The Balaban J connectivity index is 1.97. The van der Waals surface area contributed by atoms with E-state index in [0.29, 0.717) is 44.3 Å². The molecule has 3 rings (SSSR count). The van der Waals surface area contributed by atoms with Gasteiger partial charge in [-0.15, -0.1) is 0 Å². The standard InChI is InChI=1S/C21H17Cl4NO/c1-2-26-11-15(7-13-3-5-17(22)19(24)9-13)21(27)16(12-26)8-14-4-6-18(23)20(25)10-14/h3-10H,2,11-12H2,1H3. The molecule has 2 aromatic rings. The van der Waals surface area contributed by atoms with Gasteiger partial charge < -0.3 is 0 Å². The number of carbonyl (C=O) groups is 1. The molecular weight excluding hydrogens is 424 g/mol. The molecule has 1 aliphatic heterocycles. The molecule has 27 heavy (non-hydrogen) atoms. The Morgan fingerprint density at radius 2 is 1.26 bits per heavy atom. The average molecular weight is 441 g/mol. The molecule has 0 unspecified atom stereocenters. The summed E-state index contributed by atoms with van der Waals surface area (Å²) >= 11 is 24.1. The summed E-state index contributed by atoms with van der Waals surface area (Å²) in [4.78, 5) is 15.2. The van der Waals surface area contributed by atoms with Crippen LogP contribution < -0.4 is 0 Å². The van der Waals surface area contributed by atoms with Crippen molar-refractivity contribution in [2.45, 2.75) is 6.92 Å². The van der Waals surface area contributed by atoms with Crippen LogP contribution in [0.15, 0.2) is 47.5 Å². The normalized spacial score (nSPS) is 18.5. The van der Waals surface area contributed by atoms with Crippen LogP contribution in [0.2, 0.25) is 20.1 Å². The Kier molecular flexibility index (Phi) is 6.67. The van der Waals surface area contributed by atoms with Gasteiger partial charge in [0.05, 0.1) is 20.1 Å². The fraction of sp³-hybridized carbons (Fsp3) is 0.190. The maximum atomic E-state index is 13.0. The smallest absolute Gasteiger partial charge is 0.187 e. The Labute approximate surface area is 179 Å². The van der Waals surface area contributed by atoms with Crippen molar-refractivity contribution < 1.29 is 4.79 Å². The van der Waals surface area contributed by atoms with Crippen molar-refractivity contribution in [3.8, 4) is 0 Å². The summed E-state index contributed by atoms with van der Waals surface area (Å²) in [6.07, 6.45) is 3.74. The van der Waals surface area contributed by atoms with E-state index in [-0.39, 0.29) is 5.78 Å². The molecule has 2 aromatic carbocycles. The van der Waals surface area contributed by atoms with E-state index >= 15 is 0 Å². The van der Waals surface area contributed by atoms with Crippen molar-refractivity contribution in [1.29, 1.82) is 0 Å². The number of Topliss-reactive ketones (excluding diaryl/α,β-unsaturated/α-hetero) is 1. The Bertz CT molecular complexity index is 876. The highest BCUT2D eigenvalue weighted by molar-refractivity contribution is 6.42. The molecule has 140 valence electrons. The number of piperidine rings is 1. The second kappa shape index (κ2) is 8.81. The highest BCUT2D eigenvalue weighted by atomic mass is 35.5. The molecule has 1 aliphatic rings. The molecule has 1 saturated heterocycles. The topological polar surface area (TPSA) is 20.3 Å². The molecule has 2 nitrogen and oxygen atoms in total. The predicted octanol–water partition coefficient (Wildman–Crippen LogP) is 6.67. The second-order valence-electron chi connectivity index (χ2n) is 6.32. The number of rotatable bonds is 3. The third-order valence-electron chi connectivity index (χ3n) is 4.39. The van der Waals surface area contributed by atoms with Crippen LogP contribution in [-0.2, 0) is 4.79 Å². The van der Waals surface area contributed by atoms with Gasteiger partial charge in [0.15, 0.2) is 5.78 Å². The minimum Gasteiger partial charge on any atom is -0.295 e. The van der Waals surface area contributed by atoms with Gasteiger partial charge in [-0.3, -0.25) is 9.69 Å². The van der Waals surface area contributed by atoms with Crippen LogP contribution in [-0.4, -0.2) is 30.3 Å². The van der Waals surface area contributed by atoms with Crippen molar-refractivity contribution >= 4 is 64.3 Å². The van der Waals surface area contributed by atoms with E-state index in [2.05, 4.69) is 11.8 Å². The van der Waals surface area contributed by atoms with Gasteiger partial charge >= 0.3 is 0 Å². The first-order chi connectivity index (χ1) is 12.9. The summed E-state index contributed by atoms with van der Waals surface area (Å²) in [6, 6.07) is 10.7. The molecule has 0 spiro atoms. The van der Waals surface area contributed by atoms with Crippen LogP contribution in [0.25, 0.3) is 12.2 Å². The van der Waals surface area contributed by atoms with Gasteiger partial charge in [0, 0.05) is 24.2 Å².